The van der Waals surface area contributed by atoms with E-state index in [9.17, 15) is 5.11 Å². The minimum Gasteiger partial charge on any atom is -0.490 e. The molecule has 1 unspecified atom stereocenters. The summed E-state index contributed by atoms with van der Waals surface area (Å²) in [4.78, 5) is 4.71. The van der Waals surface area contributed by atoms with E-state index in [1.165, 1.54) is 37.7 Å². The zero-order valence-corrected chi connectivity index (χ0v) is 19.7. The molecule has 1 saturated carbocycles. The van der Waals surface area contributed by atoms with Crippen LogP contribution in [0.2, 0.25) is 0 Å². The van der Waals surface area contributed by atoms with Gasteiger partial charge in [0.2, 0.25) is 11.7 Å². The standard InChI is InChI=1S/C27H35N3O3/c1-19-15-21(16-20(2)25(19)32-18-23(31)17-28)26-29-24(33-30-26)11-14-27(12-7-4-8-13-27)22-9-5-3-6-10-22/h3,5-6,9-10,15-16,23,31H,4,7-8,11-14,17-18,28H2,1-2H3. The van der Waals surface area contributed by atoms with Crippen LogP contribution < -0.4 is 10.5 Å². The molecular formula is C27H35N3O3. The van der Waals surface area contributed by atoms with Gasteiger partial charge in [0.15, 0.2) is 0 Å². The number of aryl methyl sites for hydroxylation is 3. The summed E-state index contributed by atoms with van der Waals surface area (Å²) in [5.74, 6) is 2.05. The van der Waals surface area contributed by atoms with Gasteiger partial charge < -0.3 is 20.1 Å². The summed E-state index contributed by atoms with van der Waals surface area (Å²) in [6.07, 6.45) is 7.44. The molecule has 1 aliphatic carbocycles. The van der Waals surface area contributed by atoms with Crippen LogP contribution in [0.25, 0.3) is 11.4 Å². The van der Waals surface area contributed by atoms with Crippen molar-refractivity contribution in [1.29, 1.82) is 0 Å². The lowest BCUT2D eigenvalue weighted by atomic mass is 9.67. The van der Waals surface area contributed by atoms with Crippen molar-refractivity contribution in [3.63, 3.8) is 0 Å². The second-order valence-electron chi connectivity index (χ2n) is 9.36. The van der Waals surface area contributed by atoms with Gasteiger partial charge in [-0.05, 0) is 67.3 Å². The molecule has 3 N–H and O–H groups in total. The van der Waals surface area contributed by atoms with Gasteiger partial charge in [-0.25, -0.2) is 0 Å². The van der Waals surface area contributed by atoms with Crippen LogP contribution >= 0.6 is 0 Å². The average Bonchev–Trinajstić information content (AvgIpc) is 3.32. The van der Waals surface area contributed by atoms with Crippen LogP contribution in [0, 0.1) is 13.8 Å². The Balaban J connectivity index is 1.48. The number of hydrogen-bond acceptors (Lipinski definition) is 6. The molecule has 1 heterocycles. The highest BCUT2D eigenvalue weighted by Gasteiger charge is 2.34. The molecule has 0 saturated heterocycles. The van der Waals surface area contributed by atoms with Gasteiger partial charge in [-0.3, -0.25) is 0 Å². The number of ether oxygens (including phenoxy) is 1. The lowest BCUT2D eigenvalue weighted by Gasteiger charge is -2.38. The summed E-state index contributed by atoms with van der Waals surface area (Å²) in [6, 6.07) is 14.9. The zero-order valence-electron chi connectivity index (χ0n) is 19.7. The number of hydrogen-bond donors (Lipinski definition) is 2. The number of aliphatic hydroxyl groups excluding tert-OH is 1. The van der Waals surface area contributed by atoms with Gasteiger partial charge in [0.25, 0.3) is 0 Å². The van der Waals surface area contributed by atoms with E-state index in [1.807, 2.05) is 26.0 Å². The lowest BCUT2D eigenvalue weighted by Crippen LogP contribution is -2.29. The first-order valence-corrected chi connectivity index (χ1v) is 12.0. The van der Waals surface area contributed by atoms with Crippen LogP contribution in [0.4, 0.5) is 0 Å². The van der Waals surface area contributed by atoms with Crippen LogP contribution in [0.15, 0.2) is 47.0 Å². The van der Waals surface area contributed by atoms with Crippen molar-refractivity contribution in [2.45, 2.75) is 70.3 Å². The molecule has 4 rings (SSSR count). The maximum atomic E-state index is 9.69. The Morgan fingerprint density at radius 1 is 1.09 bits per heavy atom. The molecule has 0 aliphatic heterocycles. The molecule has 1 fully saturated rings. The minimum absolute atomic E-state index is 0.174. The molecule has 3 aromatic rings. The van der Waals surface area contributed by atoms with Crippen LogP contribution in [-0.2, 0) is 11.8 Å². The predicted octanol–water partition coefficient (Wildman–Crippen LogP) is 4.89. The first kappa shape index (κ1) is 23.5. The maximum Gasteiger partial charge on any atom is 0.226 e. The number of nitrogens with two attached hydrogens (primary N) is 1. The van der Waals surface area contributed by atoms with Gasteiger partial charge in [-0.15, -0.1) is 0 Å². The summed E-state index contributed by atoms with van der Waals surface area (Å²) in [5.41, 5.74) is 9.94. The Labute approximate surface area is 196 Å². The predicted molar refractivity (Wildman–Crippen MR) is 129 cm³/mol. The fourth-order valence-corrected chi connectivity index (χ4v) is 5.08. The number of nitrogens with zero attached hydrogens (tertiary/aromatic N) is 2. The third kappa shape index (κ3) is 5.45. The van der Waals surface area contributed by atoms with Crippen molar-refractivity contribution in [2.24, 2.45) is 5.73 Å². The van der Waals surface area contributed by atoms with Crippen molar-refractivity contribution in [3.8, 4) is 17.1 Å². The molecule has 2 aromatic carbocycles. The van der Waals surface area contributed by atoms with Gasteiger partial charge in [-0.1, -0.05) is 54.8 Å². The summed E-state index contributed by atoms with van der Waals surface area (Å²) < 4.78 is 11.4. The summed E-state index contributed by atoms with van der Waals surface area (Å²) in [5, 5.41) is 14.0. The van der Waals surface area contributed by atoms with Crippen LogP contribution in [0.5, 0.6) is 5.75 Å². The van der Waals surface area contributed by atoms with Crippen LogP contribution in [-0.4, -0.2) is 34.5 Å². The van der Waals surface area contributed by atoms with E-state index in [2.05, 4.69) is 35.5 Å². The Morgan fingerprint density at radius 2 is 1.79 bits per heavy atom. The number of aromatic nitrogens is 2. The monoisotopic (exact) mass is 449 g/mol. The summed E-state index contributed by atoms with van der Waals surface area (Å²) in [6.45, 7) is 4.31. The summed E-state index contributed by atoms with van der Waals surface area (Å²) in [7, 11) is 0. The molecule has 176 valence electrons. The van der Waals surface area contributed by atoms with E-state index < -0.39 is 6.10 Å². The number of aliphatic hydroxyl groups is 1. The highest BCUT2D eigenvalue weighted by molar-refractivity contribution is 5.61. The van der Waals surface area contributed by atoms with E-state index in [0.717, 1.165) is 35.3 Å². The Morgan fingerprint density at radius 3 is 2.45 bits per heavy atom. The molecule has 0 bridgehead atoms. The molecule has 0 spiro atoms. The molecule has 1 atom stereocenters. The second kappa shape index (κ2) is 10.5. The molecule has 0 radical (unpaired) electrons. The molecule has 1 aromatic heterocycles. The van der Waals surface area contributed by atoms with Crippen molar-refractivity contribution in [1.82, 2.24) is 10.1 Å². The van der Waals surface area contributed by atoms with E-state index in [-0.39, 0.29) is 18.6 Å². The maximum absolute atomic E-state index is 9.69. The van der Waals surface area contributed by atoms with Crippen LogP contribution in [0.3, 0.4) is 0 Å². The molecule has 1 aliphatic rings. The summed E-state index contributed by atoms with van der Waals surface area (Å²) >= 11 is 0. The lowest BCUT2D eigenvalue weighted by molar-refractivity contribution is 0.113. The molecule has 0 amide bonds. The Kier molecular flexibility index (Phi) is 7.46. The average molecular weight is 450 g/mol. The van der Waals surface area contributed by atoms with E-state index in [0.29, 0.717) is 11.7 Å². The Bertz CT molecular complexity index is 1020. The minimum atomic E-state index is -0.674. The highest BCUT2D eigenvalue weighted by Crippen LogP contribution is 2.43. The molecule has 6 nitrogen and oxygen atoms in total. The largest absolute Gasteiger partial charge is 0.490 e. The SMILES string of the molecule is Cc1cc(-c2noc(CCC3(c4ccccc4)CCCCC3)n2)cc(C)c1OCC(O)CN. The van der Waals surface area contributed by atoms with Crippen molar-refractivity contribution in [3.05, 3.63) is 65.0 Å². The van der Waals surface area contributed by atoms with Crippen molar-refractivity contribution in [2.75, 3.05) is 13.2 Å². The quantitative estimate of drug-likeness (QED) is 0.483. The molecule has 33 heavy (non-hydrogen) atoms. The smallest absolute Gasteiger partial charge is 0.226 e. The third-order valence-electron chi connectivity index (χ3n) is 6.89. The van der Waals surface area contributed by atoms with Gasteiger partial charge in [0, 0.05) is 18.5 Å². The van der Waals surface area contributed by atoms with Gasteiger partial charge in [-0.2, -0.15) is 4.98 Å². The van der Waals surface area contributed by atoms with Crippen LogP contribution in [0.1, 0.15) is 61.1 Å². The van der Waals surface area contributed by atoms with Crippen molar-refractivity contribution >= 4 is 0 Å². The first-order valence-electron chi connectivity index (χ1n) is 12.0. The van der Waals surface area contributed by atoms with E-state index in [1.54, 1.807) is 0 Å². The normalized spacial score (nSPS) is 16.5. The van der Waals surface area contributed by atoms with E-state index in [4.69, 9.17) is 20.0 Å². The molecular weight excluding hydrogens is 414 g/mol. The fourth-order valence-electron chi connectivity index (χ4n) is 5.08. The highest BCUT2D eigenvalue weighted by atomic mass is 16.5. The van der Waals surface area contributed by atoms with Gasteiger partial charge in [0.05, 0.1) is 0 Å². The topological polar surface area (TPSA) is 94.4 Å². The fraction of sp³-hybridized carbons (Fsp3) is 0.481. The zero-order chi connectivity index (χ0) is 23.3. The van der Waals surface area contributed by atoms with E-state index >= 15 is 0 Å². The van der Waals surface area contributed by atoms with Gasteiger partial charge in [0.1, 0.15) is 18.5 Å². The Hall–Kier alpha value is -2.70. The molecule has 6 heteroatoms. The van der Waals surface area contributed by atoms with Crippen molar-refractivity contribution < 1.29 is 14.4 Å². The second-order valence-corrected chi connectivity index (χ2v) is 9.36. The number of benzene rings is 2. The number of rotatable bonds is 9. The first-order chi connectivity index (χ1) is 16.0. The van der Waals surface area contributed by atoms with Gasteiger partial charge >= 0.3 is 0 Å². The third-order valence-corrected chi connectivity index (χ3v) is 6.89.